The van der Waals surface area contributed by atoms with Crippen LogP contribution in [0, 0.1) is 5.92 Å². The Kier molecular flexibility index (Phi) is 4.37. The fraction of sp³-hybridized carbons (Fsp3) is 0.571. The van der Waals surface area contributed by atoms with Crippen LogP contribution in [0.3, 0.4) is 0 Å². The van der Waals surface area contributed by atoms with E-state index in [0.29, 0.717) is 11.7 Å². The topological polar surface area (TPSA) is 74.7 Å². The first kappa shape index (κ1) is 13.8. The van der Waals surface area contributed by atoms with E-state index in [0.717, 1.165) is 24.6 Å². The van der Waals surface area contributed by atoms with Gasteiger partial charge in [0.15, 0.2) is 5.84 Å². The third kappa shape index (κ3) is 3.92. The van der Waals surface area contributed by atoms with E-state index in [1.54, 1.807) is 6.20 Å². The van der Waals surface area contributed by atoms with Crippen molar-refractivity contribution < 1.29 is 5.21 Å². The van der Waals surface area contributed by atoms with E-state index >= 15 is 0 Å². The molecule has 1 fully saturated rings. The summed E-state index contributed by atoms with van der Waals surface area (Å²) in [7, 11) is 0. The van der Waals surface area contributed by atoms with E-state index < -0.39 is 0 Å². The predicted octanol–water partition coefficient (Wildman–Crippen LogP) is 1.80. The van der Waals surface area contributed by atoms with Gasteiger partial charge in [-0.25, -0.2) is 0 Å². The Labute approximate surface area is 114 Å². The van der Waals surface area contributed by atoms with Gasteiger partial charge in [0.1, 0.15) is 5.69 Å². The van der Waals surface area contributed by atoms with Gasteiger partial charge < -0.3 is 10.9 Å². The first-order valence-corrected chi connectivity index (χ1v) is 6.77. The molecule has 0 spiro atoms. The summed E-state index contributed by atoms with van der Waals surface area (Å²) in [5.41, 5.74) is 7.24. The minimum absolute atomic E-state index is 0.0557. The van der Waals surface area contributed by atoms with Crippen molar-refractivity contribution in [2.24, 2.45) is 16.8 Å². The van der Waals surface area contributed by atoms with Crippen LogP contribution in [-0.4, -0.2) is 33.5 Å². The third-order valence-electron chi connectivity index (χ3n) is 3.50. The number of rotatable bonds is 6. The molecule has 0 aliphatic heterocycles. The SMILES string of the molecule is CC(C)N(Cc1ccnc(C(N)=NO)c1)CC1CC1. The number of aromatic nitrogens is 1. The number of nitrogens with two attached hydrogens (primary N) is 1. The van der Waals surface area contributed by atoms with Crippen LogP contribution in [0.15, 0.2) is 23.5 Å². The van der Waals surface area contributed by atoms with Gasteiger partial charge in [0, 0.05) is 25.3 Å². The summed E-state index contributed by atoms with van der Waals surface area (Å²) in [4.78, 5) is 6.56. The van der Waals surface area contributed by atoms with Crippen LogP contribution in [0.25, 0.3) is 0 Å². The molecule has 1 aromatic heterocycles. The number of hydrogen-bond donors (Lipinski definition) is 2. The Balaban J connectivity index is 2.07. The van der Waals surface area contributed by atoms with Crippen molar-refractivity contribution in [2.45, 2.75) is 39.3 Å². The standard InChI is InChI=1S/C14H22N4O/c1-10(2)18(8-11-3-4-11)9-12-5-6-16-13(7-12)14(15)17-19/h5-7,10-11,19H,3-4,8-9H2,1-2H3,(H2,15,17). The smallest absolute Gasteiger partial charge is 0.188 e. The second-order valence-electron chi connectivity index (χ2n) is 5.50. The van der Waals surface area contributed by atoms with E-state index in [9.17, 15) is 0 Å². The highest BCUT2D eigenvalue weighted by Gasteiger charge is 2.25. The van der Waals surface area contributed by atoms with Crippen LogP contribution < -0.4 is 5.73 Å². The summed E-state index contributed by atoms with van der Waals surface area (Å²) >= 11 is 0. The van der Waals surface area contributed by atoms with Gasteiger partial charge >= 0.3 is 0 Å². The molecule has 1 heterocycles. The van der Waals surface area contributed by atoms with Crippen molar-refractivity contribution in [1.29, 1.82) is 0 Å². The highest BCUT2D eigenvalue weighted by molar-refractivity contribution is 5.95. The van der Waals surface area contributed by atoms with Crippen molar-refractivity contribution in [1.82, 2.24) is 9.88 Å². The zero-order valence-electron chi connectivity index (χ0n) is 11.6. The molecule has 1 saturated carbocycles. The normalized spacial score (nSPS) is 16.3. The van der Waals surface area contributed by atoms with E-state index in [-0.39, 0.29) is 5.84 Å². The number of pyridine rings is 1. The first-order chi connectivity index (χ1) is 9.10. The maximum absolute atomic E-state index is 8.69. The molecule has 5 nitrogen and oxygen atoms in total. The number of hydrogen-bond acceptors (Lipinski definition) is 4. The van der Waals surface area contributed by atoms with Gasteiger partial charge in [0.2, 0.25) is 0 Å². The molecule has 3 N–H and O–H groups in total. The zero-order chi connectivity index (χ0) is 13.8. The van der Waals surface area contributed by atoms with Crippen LogP contribution in [0.1, 0.15) is 37.9 Å². The van der Waals surface area contributed by atoms with Gasteiger partial charge in [-0.15, -0.1) is 0 Å². The predicted molar refractivity (Wildman–Crippen MR) is 75.0 cm³/mol. The molecule has 1 aliphatic carbocycles. The highest BCUT2D eigenvalue weighted by Crippen LogP contribution is 2.30. The van der Waals surface area contributed by atoms with Crippen LogP contribution in [0.4, 0.5) is 0 Å². The largest absolute Gasteiger partial charge is 0.409 e. The van der Waals surface area contributed by atoms with E-state index in [4.69, 9.17) is 10.9 Å². The monoisotopic (exact) mass is 262 g/mol. The maximum atomic E-state index is 8.69. The average molecular weight is 262 g/mol. The molecule has 0 saturated heterocycles. The minimum atomic E-state index is 0.0557. The number of nitrogens with zero attached hydrogens (tertiary/aromatic N) is 3. The van der Waals surface area contributed by atoms with Crippen LogP contribution in [-0.2, 0) is 6.54 Å². The van der Waals surface area contributed by atoms with Crippen molar-refractivity contribution in [3.63, 3.8) is 0 Å². The molecule has 104 valence electrons. The molecule has 0 aromatic carbocycles. The van der Waals surface area contributed by atoms with Gasteiger partial charge in [-0.05, 0) is 50.3 Å². The molecular weight excluding hydrogens is 240 g/mol. The number of amidine groups is 1. The molecule has 5 heteroatoms. The van der Waals surface area contributed by atoms with Crippen LogP contribution in [0.2, 0.25) is 0 Å². The summed E-state index contributed by atoms with van der Waals surface area (Å²) in [5, 5.41) is 11.7. The van der Waals surface area contributed by atoms with E-state index in [1.807, 2.05) is 12.1 Å². The Bertz CT molecular complexity index is 455. The fourth-order valence-electron chi connectivity index (χ4n) is 2.09. The molecule has 0 unspecified atom stereocenters. The molecule has 1 aromatic rings. The average Bonchev–Trinajstić information content (AvgIpc) is 3.21. The molecule has 0 amide bonds. The Morgan fingerprint density at radius 2 is 2.32 bits per heavy atom. The molecule has 2 rings (SSSR count). The Morgan fingerprint density at radius 1 is 1.58 bits per heavy atom. The molecular formula is C14H22N4O. The molecule has 19 heavy (non-hydrogen) atoms. The van der Waals surface area contributed by atoms with E-state index in [1.165, 1.54) is 12.8 Å². The van der Waals surface area contributed by atoms with E-state index in [2.05, 4.69) is 28.9 Å². The van der Waals surface area contributed by atoms with Crippen molar-refractivity contribution in [3.05, 3.63) is 29.6 Å². The highest BCUT2D eigenvalue weighted by atomic mass is 16.4. The van der Waals surface area contributed by atoms with Crippen LogP contribution in [0.5, 0.6) is 0 Å². The van der Waals surface area contributed by atoms with Crippen LogP contribution >= 0.6 is 0 Å². The Hall–Kier alpha value is -1.62. The summed E-state index contributed by atoms with van der Waals surface area (Å²) in [6.07, 6.45) is 4.42. The minimum Gasteiger partial charge on any atom is -0.409 e. The van der Waals surface area contributed by atoms with Gasteiger partial charge in [-0.3, -0.25) is 9.88 Å². The maximum Gasteiger partial charge on any atom is 0.188 e. The second-order valence-corrected chi connectivity index (χ2v) is 5.50. The summed E-state index contributed by atoms with van der Waals surface area (Å²) < 4.78 is 0. The third-order valence-corrected chi connectivity index (χ3v) is 3.50. The second kappa shape index (κ2) is 6.02. The van der Waals surface area contributed by atoms with Gasteiger partial charge in [0.25, 0.3) is 0 Å². The van der Waals surface area contributed by atoms with Gasteiger partial charge in [-0.1, -0.05) is 5.16 Å². The van der Waals surface area contributed by atoms with Crippen molar-refractivity contribution >= 4 is 5.84 Å². The summed E-state index contributed by atoms with van der Waals surface area (Å²) in [5.74, 6) is 0.924. The first-order valence-electron chi connectivity index (χ1n) is 6.77. The zero-order valence-corrected chi connectivity index (χ0v) is 11.6. The lowest BCUT2D eigenvalue weighted by molar-refractivity contribution is 0.203. The summed E-state index contributed by atoms with van der Waals surface area (Å²) in [6, 6.07) is 4.38. The Morgan fingerprint density at radius 3 is 2.89 bits per heavy atom. The van der Waals surface area contributed by atoms with Crippen molar-refractivity contribution in [3.8, 4) is 0 Å². The molecule has 0 atom stereocenters. The fourth-order valence-corrected chi connectivity index (χ4v) is 2.09. The lowest BCUT2D eigenvalue weighted by Gasteiger charge is -2.26. The molecule has 1 aliphatic rings. The molecule has 0 bridgehead atoms. The number of oxime groups is 1. The van der Waals surface area contributed by atoms with Crippen molar-refractivity contribution in [2.75, 3.05) is 6.54 Å². The van der Waals surface area contributed by atoms with Gasteiger partial charge in [-0.2, -0.15) is 0 Å². The summed E-state index contributed by atoms with van der Waals surface area (Å²) in [6.45, 7) is 6.46. The quantitative estimate of drug-likeness (QED) is 0.355. The lowest BCUT2D eigenvalue weighted by atomic mass is 10.1. The lowest BCUT2D eigenvalue weighted by Crippen LogP contribution is -2.32. The molecule has 0 radical (unpaired) electrons. The van der Waals surface area contributed by atoms with Gasteiger partial charge in [0.05, 0.1) is 0 Å².